The lowest BCUT2D eigenvalue weighted by Crippen LogP contribution is -1.94. The van der Waals surface area contributed by atoms with Crippen molar-refractivity contribution in [3.63, 3.8) is 0 Å². The summed E-state index contributed by atoms with van der Waals surface area (Å²) in [4.78, 5) is 0. The van der Waals surface area contributed by atoms with Crippen LogP contribution in [0.2, 0.25) is 0 Å². The van der Waals surface area contributed by atoms with Gasteiger partial charge in [-0.15, -0.1) is 0 Å². The van der Waals surface area contributed by atoms with E-state index in [1.165, 1.54) is 13.2 Å². The molecular weight excluding hydrogens is 245 g/mol. The van der Waals surface area contributed by atoms with E-state index in [0.29, 0.717) is 22.6 Å². The molecule has 0 amide bonds. The highest BCUT2D eigenvalue weighted by Gasteiger charge is 2.14. The van der Waals surface area contributed by atoms with Crippen molar-refractivity contribution in [2.24, 2.45) is 0 Å². The van der Waals surface area contributed by atoms with Crippen LogP contribution in [0.3, 0.4) is 0 Å². The van der Waals surface area contributed by atoms with Gasteiger partial charge in [0.2, 0.25) is 0 Å². The zero-order valence-electron chi connectivity index (χ0n) is 10.6. The van der Waals surface area contributed by atoms with Gasteiger partial charge in [-0.05, 0) is 24.3 Å². The predicted octanol–water partition coefficient (Wildman–Crippen LogP) is 3.38. The van der Waals surface area contributed by atoms with Crippen LogP contribution in [0.5, 0.6) is 11.5 Å². The number of ether oxygens (including phenoxy) is 2. The molecule has 0 bridgehead atoms. The smallest absolute Gasteiger partial charge is 0.141 e. The Hall–Kier alpha value is -2.54. The Bertz CT molecular complexity index is 647. The largest absolute Gasteiger partial charge is 0.497 e. The molecule has 0 N–H and O–H groups in total. The molecule has 3 nitrogen and oxygen atoms in total. The molecule has 0 spiro atoms. The summed E-state index contributed by atoms with van der Waals surface area (Å²) in [5.41, 5.74) is 1.10. The summed E-state index contributed by atoms with van der Waals surface area (Å²) in [5, 5.41) is 9.09. The number of halogens is 1. The first-order valence-corrected chi connectivity index (χ1v) is 5.62. The van der Waals surface area contributed by atoms with Crippen LogP contribution in [0.15, 0.2) is 36.4 Å². The van der Waals surface area contributed by atoms with Crippen LogP contribution in [0.1, 0.15) is 5.56 Å². The molecule has 0 saturated carbocycles. The second-order valence-electron chi connectivity index (χ2n) is 3.84. The zero-order valence-corrected chi connectivity index (χ0v) is 10.6. The molecule has 0 unspecified atom stereocenters. The minimum atomic E-state index is -0.551. The van der Waals surface area contributed by atoms with E-state index in [-0.39, 0.29) is 5.56 Å². The zero-order chi connectivity index (χ0) is 13.8. The van der Waals surface area contributed by atoms with Crippen molar-refractivity contribution in [3.8, 4) is 28.7 Å². The van der Waals surface area contributed by atoms with E-state index in [1.807, 2.05) is 6.07 Å². The van der Waals surface area contributed by atoms with Crippen LogP contribution in [-0.4, -0.2) is 14.2 Å². The number of hydrogen-bond acceptors (Lipinski definition) is 3. The van der Waals surface area contributed by atoms with Gasteiger partial charge in [-0.3, -0.25) is 0 Å². The fourth-order valence-corrected chi connectivity index (χ4v) is 1.89. The van der Waals surface area contributed by atoms with Gasteiger partial charge in [0.1, 0.15) is 23.4 Å². The maximum Gasteiger partial charge on any atom is 0.141 e. The molecule has 0 aromatic heterocycles. The molecule has 0 aliphatic rings. The molecule has 0 aliphatic carbocycles. The van der Waals surface area contributed by atoms with Gasteiger partial charge in [-0.2, -0.15) is 5.26 Å². The van der Waals surface area contributed by atoms with E-state index in [1.54, 1.807) is 37.4 Å². The number of benzene rings is 2. The van der Waals surface area contributed by atoms with Gasteiger partial charge >= 0.3 is 0 Å². The lowest BCUT2D eigenvalue weighted by atomic mass is 9.99. The van der Waals surface area contributed by atoms with Gasteiger partial charge in [0.15, 0.2) is 0 Å². The summed E-state index contributed by atoms with van der Waals surface area (Å²) < 4.78 is 24.1. The van der Waals surface area contributed by atoms with Gasteiger partial charge in [-0.25, -0.2) is 4.39 Å². The van der Waals surface area contributed by atoms with E-state index in [0.717, 1.165) is 0 Å². The van der Waals surface area contributed by atoms with E-state index in [9.17, 15) is 4.39 Å². The van der Waals surface area contributed by atoms with Crippen molar-refractivity contribution < 1.29 is 13.9 Å². The fraction of sp³-hybridized carbons (Fsp3) is 0.133. The Kier molecular flexibility index (Phi) is 3.67. The molecular formula is C15H12FNO2. The summed E-state index contributed by atoms with van der Waals surface area (Å²) in [6.45, 7) is 0. The lowest BCUT2D eigenvalue weighted by molar-refractivity contribution is 0.404. The summed E-state index contributed by atoms with van der Waals surface area (Å²) in [6.07, 6.45) is 0. The third-order valence-corrected chi connectivity index (χ3v) is 2.82. The van der Waals surface area contributed by atoms with Gasteiger partial charge in [0, 0.05) is 11.1 Å². The number of hydrogen-bond donors (Lipinski definition) is 0. The molecule has 0 fully saturated rings. The van der Waals surface area contributed by atoms with E-state index < -0.39 is 5.82 Å². The minimum Gasteiger partial charge on any atom is -0.497 e. The number of nitrogens with zero attached hydrogens (tertiary/aromatic N) is 1. The standard InChI is InChI=1S/C15H12FNO2/c1-18-10-6-7-15(19-2)12(8-10)11-4-3-5-14(16)13(11)9-17/h3-8H,1-2H3. The monoisotopic (exact) mass is 257 g/mol. The minimum absolute atomic E-state index is 0.00551. The van der Waals surface area contributed by atoms with Crippen LogP contribution in [0, 0.1) is 17.1 Å². The van der Waals surface area contributed by atoms with E-state index in [2.05, 4.69) is 0 Å². The van der Waals surface area contributed by atoms with Gasteiger partial charge in [0.05, 0.1) is 19.8 Å². The highest BCUT2D eigenvalue weighted by Crippen LogP contribution is 2.35. The Morgan fingerprint density at radius 2 is 1.84 bits per heavy atom. The molecule has 19 heavy (non-hydrogen) atoms. The van der Waals surface area contributed by atoms with Crippen molar-refractivity contribution >= 4 is 0 Å². The van der Waals surface area contributed by atoms with Crippen molar-refractivity contribution in [2.75, 3.05) is 14.2 Å². The number of nitriles is 1. The van der Waals surface area contributed by atoms with Crippen molar-refractivity contribution in [3.05, 3.63) is 47.8 Å². The molecule has 0 heterocycles. The highest BCUT2D eigenvalue weighted by molar-refractivity contribution is 5.77. The average Bonchev–Trinajstić information content (AvgIpc) is 2.46. The second kappa shape index (κ2) is 5.40. The molecule has 2 aromatic rings. The maximum absolute atomic E-state index is 13.7. The van der Waals surface area contributed by atoms with Crippen molar-refractivity contribution in [1.82, 2.24) is 0 Å². The first-order chi connectivity index (χ1) is 9.21. The van der Waals surface area contributed by atoms with Gasteiger partial charge in [-0.1, -0.05) is 12.1 Å². The number of rotatable bonds is 3. The molecule has 96 valence electrons. The Morgan fingerprint density at radius 3 is 2.47 bits per heavy atom. The first-order valence-electron chi connectivity index (χ1n) is 5.62. The highest BCUT2D eigenvalue weighted by atomic mass is 19.1. The summed E-state index contributed by atoms with van der Waals surface area (Å²) in [5.74, 6) is 0.622. The van der Waals surface area contributed by atoms with Gasteiger partial charge < -0.3 is 9.47 Å². The molecule has 0 atom stereocenters. The van der Waals surface area contributed by atoms with Crippen molar-refractivity contribution in [2.45, 2.75) is 0 Å². The molecule has 2 aromatic carbocycles. The first kappa shape index (κ1) is 12.9. The Morgan fingerprint density at radius 1 is 1.05 bits per heavy atom. The van der Waals surface area contributed by atoms with E-state index in [4.69, 9.17) is 14.7 Å². The predicted molar refractivity (Wildman–Crippen MR) is 69.7 cm³/mol. The molecule has 4 heteroatoms. The quantitative estimate of drug-likeness (QED) is 0.846. The number of methoxy groups -OCH3 is 2. The van der Waals surface area contributed by atoms with Crippen LogP contribution in [-0.2, 0) is 0 Å². The topological polar surface area (TPSA) is 42.2 Å². The molecule has 0 saturated heterocycles. The fourth-order valence-electron chi connectivity index (χ4n) is 1.89. The Balaban J connectivity index is 2.71. The summed E-state index contributed by atoms with van der Waals surface area (Å²) in [6, 6.07) is 11.6. The molecule has 2 rings (SSSR count). The van der Waals surface area contributed by atoms with Crippen LogP contribution in [0.4, 0.5) is 4.39 Å². The summed E-state index contributed by atoms with van der Waals surface area (Å²) >= 11 is 0. The summed E-state index contributed by atoms with van der Waals surface area (Å²) in [7, 11) is 3.07. The van der Waals surface area contributed by atoms with Crippen LogP contribution >= 0.6 is 0 Å². The third kappa shape index (κ3) is 2.36. The van der Waals surface area contributed by atoms with Crippen LogP contribution in [0.25, 0.3) is 11.1 Å². The lowest BCUT2D eigenvalue weighted by Gasteiger charge is -2.12. The van der Waals surface area contributed by atoms with E-state index >= 15 is 0 Å². The average molecular weight is 257 g/mol. The van der Waals surface area contributed by atoms with Crippen LogP contribution < -0.4 is 9.47 Å². The second-order valence-corrected chi connectivity index (χ2v) is 3.84. The SMILES string of the molecule is COc1ccc(OC)c(-c2cccc(F)c2C#N)c1. The normalized spacial score (nSPS) is 9.79. The molecule has 0 aliphatic heterocycles. The third-order valence-electron chi connectivity index (χ3n) is 2.82. The maximum atomic E-state index is 13.7. The van der Waals surface area contributed by atoms with Gasteiger partial charge in [0.25, 0.3) is 0 Å². The Labute approximate surface area is 110 Å². The molecule has 0 radical (unpaired) electrons. The van der Waals surface area contributed by atoms with Crippen molar-refractivity contribution in [1.29, 1.82) is 5.26 Å².